The molecule has 32 nitrogen and oxygen atoms in total. The first kappa shape index (κ1) is 113. The van der Waals surface area contributed by atoms with Crippen molar-refractivity contribution < 1.29 is 152 Å². The summed E-state index contributed by atoms with van der Waals surface area (Å²) in [5.74, 6) is -1.49. The summed E-state index contributed by atoms with van der Waals surface area (Å²) in [5.41, 5.74) is 4.86. The van der Waals surface area contributed by atoms with E-state index in [1.807, 2.05) is 38.1 Å². The van der Waals surface area contributed by atoms with Gasteiger partial charge < -0.3 is 94.7 Å². The molecule has 8 aromatic carbocycles. The Bertz CT molecular complexity index is 5230. The third-order valence-electron chi connectivity index (χ3n) is 20.9. The van der Waals surface area contributed by atoms with E-state index in [1.165, 1.54) is 80.8 Å². The lowest BCUT2D eigenvalue weighted by Crippen LogP contribution is -2.35. The fourth-order valence-corrected chi connectivity index (χ4v) is 13.3. The van der Waals surface area contributed by atoms with Crippen molar-refractivity contribution in [1.82, 2.24) is 0 Å². The SMILES string of the molecule is C=CC(=O)OCCCCC.C=CC(=O)OCCCCCCOC.C=CC(=O)OCCCCCCOc1ccc(C(=O)Oc2ccc(C)cc2)cc1.C=CC(=O)OCCCCOc1ccc(C(=O)Oc2ccc(C(=O)OC)cc2)cc1.CC(=O)O[C@H]1COC2C1OC[C@@H]2OC(=O)c1ccc(OC(=O)c2ccc(C)cc2)cc1.COc1ccc(C(=O)Oc2ccc(C(=O)O[C@H]3COC4C3OC[C@@H]4C)cc2)cc1. The smallest absolute Gasteiger partial charge is 0.343 e. The zero-order chi connectivity index (χ0) is 101. The lowest BCUT2D eigenvalue weighted by atomic mass is 10.0. The highest BCUT2D eigenvalue weighted by molar-refractivity contribution is 5.95. The first-order valence-corrected chi connectivity index (χ1v) is 45.9. The molecule has 4 aliphatic rings. The second kappa shape index (κ2) is 63.1. The highest BCUT2D eigenvalue weighted by Gasteiger charge is 2.51. The maximum atomic E-state index is 12.5. The lowest BCUT2D eigenvalue weighted by Gasteiger charge is -2.17. The van der Waals surface area contributed by atoms with Crippen LogP contribution in [-0.2, 0) is 85.6 Å². The summed E-state index contributed by atoms with van der Waals surface area (Å²) in [6, 6.07) is 52.9. The maximum Gasteiger partial charge on any atom is 0.343 e. The number of carbonyl (C=O) groups excluding carboxylic acids is 12. The molecule has 748 valence electrons. The van der Waals surface area contributed by atoms with Crippen molar-refractivity contribution in [3.8, 4) is 40.2 Å². The van der Waals surface area contributed by atoms with E-state index in [0.29, 0.717) is 144 Å². The standard InChI is InChI=1S/C23H22O8.C23H26O5.2C22H22O7.C10H18O3.C8H14O2/c1-13-3-5-15(6-4-13)22(25)30-17-9-7-16(8-10-17)23(26)31-19-12-28-20-18(29-14(2)24)11-27-21(19)20;1-3-22(24)27-17-7-5-4-6-16-26-20-14-10-19(11-15-20)23(25)28-21-12-8-18(2)9-13-21;1-13-11-26-20-18(12-27-19(13)20)29-22(24)15-5-9-17(10-6-15)28-21(23)14-3-7-16(25-2)8-4-14;1-3-20(23)28-15-5-4-14-27-18-10-6-17(7-11-18)22(25)29-19-12-8-16(9-13-19)21(24)26-2;1-3-10(11)13-9-7-5-4-6-8-12-2;1-3-5-6-7-10-8(9)4-2/h3-10,18-21H,11-12H2,1-2H3;3,8-15H,1,4-7,16-17H2,2H3;3-10,13,18-20H,11-12H2,1-2H3;3,6-13H,1,4-5,14-15H2,2H3;3H,1,4-9H2,2H3;4H,2-3,5-7H2,1H3/t18-,19-,20?,21?;;13-,18-,19?,20?;;;/m0.0.../s1. The van der Waals surface area contributed by atoms with Crippen LogP contribution in [0.25, 0.3) is 0 Å². The molecule has 12 rings (SSSR count). The summed E-state index contributed by atoms with van der Waals surface area (Å²) in [6.07, 6.45) is 14.5. The molecule has 8 atom stereocenters. The van der Waals surface area contributed by atoms with Crippen LogP contribution in [0.15, 0.2) is 245 Å². The molecule has 4 heterocycles. The minimum Gasteiger partial charge on any atom is -0.497 e. The number of esters is 12. The minimum absolute atomic E-state index is 0.0208. The number of aryl methyl sites for hydroxylation is 2. The molecule has 4 aliphatic heterocycles. The average Bonchev–Trinajstić information content (AvgIpc) is 1.66. The van der Waals surface area contributed by atoms with Gasteiger partial charge in [0.2, 0.25) is 0 Å². The molecule has 0 aliphatic carbocycles. The third-order valence-corrected chi connectivity index (χ3v) is 20.9. The Morgan fingerprint density at radius 1 is 0.300 bits per heavy atom. The molecule has 4 saturated heterocycles. The number of unbranched alkanes of at least 4 members (excludes halogenated alkanes) is 9. The van der Waals surface area contributed by atoms with E-state index < -0.39 is 84.2 Å². The average molecular weight is 1930 g/mol. The van der Waals surface area contributed by atoms with Crippen LogP contribution in [0.3, 0.4) is 0 Å². The number of hydrogen-bond acceptors (Lipinski definition) is 32. The van der Waals surface area contributed by atoms with Crippen LogP contribution >= 0.6 is 0 Å². The molecule has 0 aromatic heterocycles. The Hall–Kier alpha value is -14.4. The fraction of sp³-hybridized carbons (Fsp3) is 0.370. The first-order chi connectivity index (χ1) is 67.7. The molecule has 4 fully saturated rings. The summed E-state index contributed by atoms with van der Waals surface area (Å²) in [6.45, 7) is 27.6. The molecule has 8 aromatic rings. The Balaban J connectivity index is 0.000000236. The van der Waals surface area contributed by atoms with E-state index >= 15 is 0 Å². The molecular weight excluding hydrogens is 1810 g/mol. The van der Waals surface area contributed by atoms with Crippen LogP contribution < -0.4 is 33.2 Å². The quantitative estimate of drug-likeness (QED) is 0.0112. The predicted octanol–water partition coefficient (Wildman–Crippen LogP) is 17.6. The van der Waals surface area contributed by atoms with Gasteiger partial charge in [0.05, 0.1) is 125 Å². The molecule has 32 heteroatoms. The molecule has 0 spiro atoms. The molecule has 0 bridgehead atoms. The minimum atomic E-state index is -0.600. The van der Waals surface area contributed by atoms with E-state index in [-0.39, 0.29) is 43.3 Å². The van der Waals surface area contributed by atoms with Crippen LogP contribution in [0.2, 0.25) is 0 Å². The monoisotopic (exact) mass is 1930 g/mol. The zero-order valence-corrected chi connectivity index (χ0v) is 80.3. The fourth-order valence-electron chi connectivity index (χ4n) is 13.3. The van der Waals surface area contributed by atoms with Gasteiger partial charge in [-0.2, -0.15) is 0 Å². The molecule has 0 amide bonds. The van der Waals surface area contributed by atoms with E-state index in [2.05, 4.69) is 44.9 Å². The molecular formula is C108H124O32. The highest BCUT2D eigenvalue weighted by Crippen LogP contribution is 2.35. The second-order valence-corrected chi connectivity index (χ2v) is 31.7. The molecule has 4 unspecified atom stereocenters. The van der Waals surface area contributed by atoms with Crippen molar-refractivity contribution in [1.29, 1.82) is 0 Å². The number of ether oxygens (including phenoxy) is 20. The second-order valence-electron chi connectivity index (χ2n) is 31.7. The molecule has 0 N–H and O–H groups in total. The van der Waals surface area contributed by atoms with Crippen molar-refractivity contribution >= 4 is 71.6 Å². The van der Waals surface area contributed by atoms with Crippen molar-refractivity contribution in [2.24, 2.45) is 5.92 Å². The van der Waals surface area contributed by atoms with Crippen LogP contribution in [0.1, 0.15) is 188 Å². The van der Waals surface area contributed by atoms with Crippen molar-refractivity contribution in [3.63, 3.8) is 0 Å². The van der Waals surface area contributed by atoms with Gasteiger partial charge in [0.1, 0.15) is 58.6 Å². The third kappa shape index (κ3) is 41.1. The van der Waals surface area contributed by atoms with Crippen LogP contribution in [0.4, 0.5) is 0 Å². The molecule has 0 saturated carbocycles. The number of hydrogen-bond donors (Lipinski definition) is 0. The number of benzene rings is 8. The number of carbonyl (C=O) groups is 12. The summed E-state index contributed by atoms with van der Waals surface area (Å²) in [4.78, 5) is 139. The summed E-state index contributed by atoms with van der Waals surface area (Å²) >= 11 is 0. The van der Waals surface area contributed by atoms with Crippen LogP contribution in [0, 0.1) is 19.8 Å². The first-order valence-electron chi connectivity index (χ1n) is 45.9. The highest BCUT2D eigenvalue weighted by atomic mass is 16.7. The summed E-state index contributed by atoms with van der Waals surface area (Å²) in [5, 5.41) is 0. The Kier molecular flexibility index (Phi) is 50.8. The molecule has 140 heavy (non-hydrogen) atoms. The maximum absolute atomic E-state index is 12.5. The van der Waals surface area contributed by atoms with Crippen LogP contribution in [-0.4, -0.2) is 208 Å². The lowest BCUT2D eigenvalue weighted by molar-refractivity contribution is -0.151. The van der Waals surface area contributed by atoms with E-state index in [4.69, 9.17) is 90.0 Å². The van der Waals surface area contributed by atoms with Gasteiger partial charge in [0.25, 0.3) is 0 Å². The topological polar surface area (TPSA) is 389 Å². The molecule has 0 radical (unpaired) electrons. The number of methoxy groups -OCH3 is 3. The van der Waals surface area contributed by atoms with Gasteiger partial charge in [0, 0.05) is 50.9 Å². The van der Waals surface area contributed by atoms with Crippen LogP contribution in [0.5, 0.6) is 40.2 Å². The van der Waals surface area contributed by atoms with Gasteiger partial charge in [0.15, 0.2) is 18.3 Å². The van der Waals surface area contributed by atoms with E-state index in [9.17, 15) is 57.5 Å². The van der Waals surface area contributed by atoms with Crippen molar-refractivity contribution in [3.05, 3.63) is 295 Å². The Labute approximate surface area is 815 Å². The van der Waals surface area contributed by atoms with Crippen molar-refractivity contribution in [2.45, 2.75) is 161 Å². The normalized spacial score (nSPS) is 16.3. The predicted molar refractivity (Wildman–Crippen MR) is 514 cm³/mol. The van der Waals surface area contributed by atoms with Gasteiger partial charge in [-0.05, 0) is 248 Å². The van der Waals surface area contributed by atoms with E-state index in [0.717, 1.165) is 101 Å². The Morgan fingerprint density at radius 3 is 0.886 bits per heavy atom. The van der Waals surface area contributed by atoms with Crippen molar-refractivity contribution in [2.75, 3.05) is 94.0 Å². The number of fused-ring (bicyclic) bond motifs is 2. The summed E-state index contributed by atoms with van der Waals surface area (Å²) in [7, 11) is 4.55. The van der Waals surface area contributed by atoms with Gasteiger partial charge >= 0.3 is 71.6 Å². The summed E-state index contributed by atoms with van der Waals surface area (Å²) < 4.78 is 105. The zero-order valence-electron chi connectivity index (χ0n) is 80.3. The largest absolute Gasteiger partial charge is 0.497 e. The number of rotatable bonds is 44. The van der Waals surface area contributed by atoms with Gasteiger partial charge in [-0.25, -0.2) is 52.7 Å². The van der Waals surface area contributed by atoms with E-state index in [1.54, 1.807) is 136 Å². The Morgan fingerprint density at radius 2 is 0.557 bits per heavy atom. The van der Waals surface area contributed by atoms with Gasteiger partial charge in [-0.15, -0.1) is 0 Å². The van der Waals surface area contributed by atoms with Gasteiger partial charge in [-0.1, -0.05) is 94.8 Å². The van der Waals surface area contributed by atoms with Gasteiger partial charge in [-0.3, -0.25) is 4.79 Å².